The van der Waals surface area contributed by atoms with E-state index >= 15 is 0 Å². The van der Waals surface area contributed by atoms with E-state index in [0.717, 1.165) is 5.56 Å². The van der Waals surface area contributed by atoms with E-state index < -0.39 is 11.1 Å². The number of hydrogen-bond donors (Lipinski definition) is 0. The quantitative estimate of drug-likeness (QED) is 0.682. The number of benzene rings is 2. The summed E-state index contributed by atoms with van der Waals surface area (Å²) >= 11 is -2.41. The van der Waals surface area contributed by atoms with Gasteiger partial charge in [0.25, 0.3) is 0 Å². The van der Waals surface area contributed by atoms with Crippen molar-refractivity contribution in [1.82, 2.24) is 9.97 Å². The minimum Gasteiger partial charge on any atom is -0.768 e. The Balaban J connectivity index is 2.32. The number of aromatic nitrogens is 2. The van der Waals surface area contributed by atoms with Crippen LogP contribution in [0.15, 0.2) is 47.6 Å². The number of hydrogen-bond acceptors (Lipinski definition) is 4. The van der Waals surface area contributed by atoms with Crippen LogP contribution >= 0.6 is 0 Å². The maximum atomic E-state index is 13.0. The SMILES string of the molecule is Cc1ncnc2c(S(=O)[O-])cc(-c3ccc(F)cc3)cc12. The normalized spacial score (nSPS) is 12.5. The molecule has 0 radical (unpaired) electrons. The molecule has 3 aromatic rings. The van der Waals surface area contributed by atoms with Gasteiger partial charge in [-0.1, -0.05) is 12.1 Å². The summed E-state index contributed by atoms with van der Waals surface area (Å²) < 4.78 is 35.9. The van der Waals surface area contributed by atoms with Crippen molar-refractivity contribution in [2.75, 3.05) is 0 Å². The van der Waals surface area contributed by atoms with Gasteiger partial charge >= 0.3 is 0 Å². The summed E-state index contributed by atoms with van der Waals surface area (Å²) in [4.78, 5) is 8.24. The van der Waals surface area contributed by atoms with Gasteiger partial charge in [0, 0.05) is 11.1 Å². The lowest BCUT2D eigenvalue weighted by molar-refractivity contribution is 0.538. The van der Waals surface area contributed by atoms with E-state index in [1.54, 1.807) is 19.1 Å². The zero-order chi connectivity index (χ0) is 15.0. The fourth-order valence-corrected chi connectivity index (χ4v) is 2.74. The van der Waals surface area contributed by atoms with Crippen molar-refractivity contribution in [3.63, 3.8) is 0 Å². The van der Waals surface area contributed by atoms with E-state index in [-0.39, 0.29) is 10.7 Å². The smallest absolute Gasteiger partial charge is 0.123 e. The molecule has 1 unspecified atom stereocenters. The zero-order valence-corrected chi connectivity index (χ0v) is 11.9. The summed E-state index contributed by atoms with van der Waals surface area (Å²) in [5.41, 5.74) is 2.49. The molecule has 0 fully saturated rings. The molecule has 0 aliphatic heterocycles. The molecular weight excluding hydrogens is 291 g/mol. The second kappa shape index (κ2) is 5.31. The van der Waals surface area contributed by atoms with Crippen LogP contribution in [0.25, 0.3) is 22.0 Å². The monoisotopic (exact) mass is 301 g/mol. The van der Waals surface area contributed by atoms with Crippen molar-refractivity contribution in [3.8, 4) is 11.1 Å². The van der Waals surface area contributed by atoms with Crippen molar-refractivity contribution in [2.45, 2.75) is 11.8 Å². The van der Waals surface area contributed by atoms with E-state index in [2.05, 4.69) is 9.97 Å². The van der Waals surface area contributed by atoms with Crippen molar-refractivity contribution >= 4 is 22.0 Å². The molecule has 0 bridgehead atoms. The van der Waals surface area contributed by atoms with Gasteiger partial charge < -0.3 is 4.55 Å². The van der Waals surface area contributed by atoms with Crippen LogP contribution in [0.5, 0.6) is 0 Å². The first kappa shape index (κ1) is 13.8. The van der Waals surface area contributed by atoms with Gasteiger partial charge in [0.2, 0.25) is 0 Å². The van der Waals surface area contributed by atoms with Crippen LogP contribution in [-0.2, 0) is 11.1 Å². The third-order valence-electron chi connectivity index (χ3n) is 3.26. The van der Waals surface area contributed by atoms with Gasteiger partial charge in [-0.2, -0.15) is 0 Å². The fraction of sp³-hybridized carbons (Fsp3) is 0.0667. The Morgan fingerprint density at radius 3 is 2.48 bits per heavy atom. The van der Waals surface area contributed by atoms with Crippen molar-refractivity contribution in [1.29, 1.82) is 0 Å². The molecule has 0 N–H and O–H groups in total. The average molecular weight is 301 g/mol. The molecule has 21 heavy (non-hydrogen) atoms. The summed E-state index contributed by atoms with van der Waals surface area (Å²) in [6.45, 7) is 1.79. The summed E-state index contributed by atoms with van der Waals surface area (Å²) in [5, 5.41) is 0.665. The summed E-state index contributed by atoms with van der Waals surface area (Å²) in [5.74, 6) is -0.341. The highest BCUT2D eigenvalue weighted by Crippen LogP contribution is 2.29. The number of rotatable bonds is 2. The predicted octanol–water partition coefficient (Wildman–Crippen LogP) is 2.98. The van der Waals surface area contributed by atoms with Crippen LogP contribution in [0.1, 0.15) is 5.69 Å². The van der Waals surface area contributed by atoms with Gasteiger partial charge in [-0.3, -0.25) is 4.21 Å². The third-order valence-corrected chi connectivity index (χ3v) is 3.93. The lowest BCUT2D eigenvalue weighted by Crippen LogP contribution is -1.97. The van der Waals surface area contributed by atoms with Gasteiger partial charge in [-0.15, -0.1) is 0 Å². The molecule has 0 aliphatic carbocycles. The van der Waals surface area contributed by atoms with Gasteiger partial charge in [0.15, 0.2) is 0 Å². The maximum Gasteiger partial charge on any atom is 0.123 e. The highest BCUT2D eigenvalue weighted by Gasteiger charge is 2.10. The van der Waals surface area contributed by atoms with Gasteiger partial charge in [-0.25, -0.2) is 14.4 Å². The van der Waals surface area contributed by atoms with E-state index in [1.807, 2.05) is 6.07 Å². The van der Waals surface area contributed by atoms with E-state index in [0.29, 0.717) is 22.2 Å². The van der Waals surface area contributed by atoms with Crippen molar-refractivity contribution in [3.05, 3.63) is 54.2 Å². The predicted molar refractivity (Wildman–Crippen MR) is 76.9 cm³/mol. The standard InChI is InChI=1S/C15H11FN2O2S/c1-9-13-6-11(10-2-4-12(16)5-3-10)7-14(21(19)20)15(13)18-8-17-9/h2-8H,1H3,(H,19,20)/p-1. The second-order valence-corrected chi connectivity index (χ2v) is 5.48. The van der Waals surface area contributed by atoms with Crippen molar-refractivity contribution < 1.29 is 13.2 Å². The molecule has 1 aromatic heterocycles. The lowest BCUT2D eigenvalue weighted by Gasteiger charge is -2.12. The molecule has 4 nitrogen and oxygen atoms in total. The minimum atomic E-state index is -2.41. The molecule has 0 saturated heterocycles. The Morgan fingerprint density at radius 1 is 1.10 bits per heavy atom. The van der Waals surface area contributed by atoms with E-state index in [1.165, 1.54) is 24.5 Å². The van der Waals surface area contributed by atoms with Gasteiger partial charge in [0.1, 0.15) is 12.1 Å². The Labute approximate surface area is 123 Å². The molecular formula is C15H10FN2O2S-. The van der Waals surface area contributed by atoms with E-state index in [9.17, 15) is 13.2 Å². The minimum absolute atomic E-state index is 0.109. The third kappa shape index (κ3) is 2.55. The summed E-state index contributed by atoms with van der Waals surface area (Å²) in [7, 11) is 0. The first-order valence-electron chi connectivity index (χ1n) is 6.17. The Hall–Kier alpha value is -2.18. The first-order chi connectivity index (χ1) is 10.1. The van der Waals surface area contributed by atoms with Crippen LogP contribution in [0.3, 0.4) is 0 Å². The molecule has 1 atom stereocenters. The second-order valence-electron chi connectivity index (χ2n) is 4.57. The van der Waals surface area contributed by atoms with Gasteiger partial charge in [0.05, 0.1) is 10.4 Å². The average Bonchev–Trinajstić information content (AvgIpc) is 2.47. The fourth-order valence-electron chi connectivity index (χ4n) is 2.20. The first-order valence-corrected chi connectivity index (χ1v) is 7.24. The Bertz CT molecular complexity index is 850. The van der Waals surface area contributed by atoms with Crippen LogP contribution in [-0.4, -0.2) is 18.7 Å². The topological polar surface area (TPSA) is 65.9 Å². The van der Waals surface area contributed by atoms with Crippen LogP contribution in [0.4, 0.5) is 4.39 Å². The number of fused-ring (bicyclic) bond motifs is 1. The number of nitrogens with zero attached hydrogens (tertiary/aromatic N) is 2. The summed E-state index contributed by atoms with van der Waals surface area (Å²) in [6, 6.07) is 9.23. The number of aryl methyl sites for hydroxylation is 1. The highest BCUT2D eigenvalue weighted by molar-refractivity contribution is 7.79. The van der Waals surface area contributed by atoms with Crippen LogP contribution in [0.2, 0.25) is 0 Å². The molecule has 0 amide bonds. The van der Waals surface area contributed by atoms with Crippen LogP contribution < -0.4 is 0 Å². The summed E-state index contributed by atoms with van der Waals surface area (Å²) in [6.07, 6.45) is 1.34. The Morgan fingerprint density at radius 2 is 1.81 bits per heavy atom. The molecule has 0 aliphatic rings. The highest BCUT2D eigenvalue weighted by atomic mass is 32.2. The largest absolute Gasteiger partial charge is 0.768 e. The lowest BCUT2D eigenvalue weighted by atomic mass is 10.0. The van der Waals surface area contributed by atoms with Gasteiger partial charge in [-0.05, 0) is 53.4 Å². The molecule has 3 rings (SSSR count). The van der Waals surface area contributed by atoms with Crippen molar-refractivity contribution in [2.24, 2.45) is 0 Å². The molecule has 6 heteroatoms. The zero-order valence-electron chi connectivity index (χ0n) is 11.0. The van der Waals surface area contributed by atoms with Crippen LogP contribution in [0, 0.1) is 12.7 Å². The number of halogens is 1. The molecule has 106 valence electrons. The molecule has 0 spiro atoms. The Kier molecular flexibility index (Phi) is 3.48. The molecule has 2 aromatic carbocycles. The molecule has 1 heterocycles. The molecule has 0 saturated carbocycles. The van der Waals surface area contributed by atoms with E-state index in [4.69, 9.17) is 0 Å². The maximum absolute atomic E-state index is 13.0.